The van der Waals surface area contributed by atoms with Crippen molar-refractivity contribution in [2.75, 3.05) is 11.4 Å². The van der Waals surface area contributed by atoms with Crippen LogP contribution in [-0.4, -0.2) is 29.8 Å². The van der Waals surface area contributed by atoms with E-state index in [-0.39, 0.29) is 6.04 Å². The lowest BCUT2D eigenvalue weighted by molar-refractivity contribution is -0.131. The summed E-state index contributed by atoms with van der Waals surface area (Å²) in [5.74, 6) is -1.14. The molecule has 7 heteroatoms. The van der Waals surface area contributed by atoms with Crippen LogP contribution < -0.4 is 4.90 Å². The third-order valence-electron chi connectivity index (χ3n) is 3.04. The predicted octanol–water partition coefficient (Wildman–Crippen LogP) is 4.08. The smallest absolute Gasteiger partial charge is 0.405 e. The van der Waals surface area contributed by atoms with Crippen LogP contribution in [0.1, 0.15) is 18.4 Å². The lowest BCUT2D eigenvalue weighted by atomic mass is 10.1. The Morgan fingerprint density at radius 1 is 1.43 bits per heavy atom. The number of aliphatic carboxylic acids is 1. The van der Waals surface area contributed by atoms with Gasteiger partial charge in [0.2, 0.25) is 0 Å². The second-order valence-corrected chi connectivity index (χ2v) is 5.76. The number of carboxylic acid groups (broad SMARTS) is 1. The van der Waals surface area contributed by atoms with Crippen molar-refractivity contribution in [2.45, 2.75) is 25.1 Å². The summed E-state index contributed by atoms with van der Waals surface area (Å²) in [6, 6.07) is 4.71. The van der Waals surface area contributed by atoms with Gasteiger partial charge in [-0.1, -0.05) is 15.9 Å². The molecule has 0 atom stereocenters. The fourth-order valence-electron chi connectivity index (χ4n) is 2.07. The van der Waals surface area contributed by atoms with Gasteiger partial charge in [-0.3, -0.25) is 0 Å². The zero-order chi connectivity index (χ0) is 15.6. The molecule has 0 radical (unpaired) electrons. The zero-order valence-corrected chi connectivity index (χ0v) is 12.5. The minimum absolute atomic E-state index is 0.134. The molecular weight excluding hydrogens is 351 g/mol. The van der Waals surface area contributed by atoms with Gasteiger partial charge in [-0.05, 0) is 42.7 Å². The molecule has 1 saturated carbocycles. The van der Waals surface area contributed by atoms with Crippen LogP contribution in [0.5, 0.6) is 0 Å². The van der Waals surface area contributed by atoms with Crippen LogP contribution in [-0.2, 0) is 4.79 Å². The van der Waals surface area contributed by atoms with Crippen LogP contribution in [0.4, 0.5) is 18.9 Å². The van der Waals surface area contributed by atoms with E-state index in [0.29, 0.717) is 28.6 Å². The van der Waals surface area contributed by atoms with Crippen LogP contribution in [0.15, 0.2) is 28.7 Å². The third kappa shape index (κ3) is 4.77. The number of halogens is 4. The van der Waals surface area contributed by atoms with Crippen LogP contribution in [0, 0.1) is 0 Å². The summed E-state index contributed by atoms with van der Waals surface area (Å²) in [5, 5.41) is 8.69. The van der Waals surface area contributed by atoms with Crippen molar-refractivity contribution in [3.63, 3.8) is 0 Å². The molecule has 1 fully saturated rings. The van der Waals surface area contributed by atoms with Crippen LogP contribution >= 0.6 is 15.9 Å². The Kier molecular flexibility index (Phi) is 4.61. The highest BCUT2D eigenvalue weighted by molar-refractivity contribution is 9.10. The van der Waals surface area contributed by atoms with Crippen LogP contribution in [0.2, 0.25) is 0 Å². The number of anilines is 1. The number of carbonyl (C=O) groups is 1. The molecule has 0 unspecified atom stereocenters. The van der Waals surface area contributed by atoms with E-state index in [1.165, 1.54) is 11.0 Å². The van der Waals surface area contributed by atoms with Crippen molar-refractivity contribution in [1.82, 2.24) is 0 Å². The Morgan fingerprint density at radius 3 is 2.62 bits per heavy atom. The summed E-state index contributed by atoms with van der Waals surface area (Å²) >= 11 is 3.24. The lowest BCUT2D eigenvalue weighted by Gasteiger charge is -2.27. The average molecular weight is 364 g/mol. The topological polar surface area (TPSA) is 40.5 Å². The summed E-state index contributed by atoms with van der Waals surface area (Å²) in [6.07, 6.45) is -0.635. The van der Waals surface area contributed by atoms with E-state index in [4.69, 9.17) is 5.11 Å². The Morgan fingerprint density at radius 2 is 2.10 bits per heavy atom. The number of hydrogen-bond donors (Lipinski definition) is 1. The van der Waals surface area contributed by atoms with E-state index in [1.54, 1.807) is 18.2 Å². The van der Waals surface area contributed by atoms with E-state index in [0.717, 1.165) is 6.08 Å². The maximum absolute atomic E-state index is 12.7. The summed E-state index contributed by atoms with van der Waals surface area (Å²) in [7, 11) is 0. The molecule has 3 nitrogen and oxygen atoms in total. The van der Waals surface area contributed by atoms with Gasteiger partial charge in [-0.15, -0.1) is 0 Å². The van der Waals surface area contributed by atoms with Crippen LogP contribution in [0.25, 0.3) is 6.08 Å². The highest BCUT2D eigenvalue weighted by Gasteiger charge is 2.38. The highest BCUT2D eigenvalue weighted by Crippen LogP contribution is 2.37. The largest absolute Gasteiger partial charge is 0.478 e. The number of alkyl halides is 3. The first-order valence-electron chi connectivity index (χ1n) is 6.30. The van der Waals surface area contributed by atoms with Gasteiger partial charge in [-0.25, -0.2) is 4.79 Å². The van der Waals surface area contributed by atoms with Crippen molar-refractivity contribution in [2.24, 2.45) is 0 Å². The van der Waals surface area contributed by atoms with Crippen molar-refractivity contribution >= 4 is 33.7 Å². The quantitative estimate of drug-likeness (QED) is 0.801. The molecule has 1 aliphatic carbocycles. The molecule has 1 aromatic carbocycles. The van der Waals surface area contributed by atoms with Gasteiger partial charge in [0, 0.05) is 22.3 Å². The minimum Gasteiger partial charge on any atom is -0.478 e. The minimum atomic E-state index is -4.30. The van der Waals surface area contributed by atoms with Crippen molar-refractivity contribution in [1.29, 1.82) is 0 Å². The number of hydrogen-bond acceptors (Lipinski definition) is 2. The third-order valence-corrected chi connectivity index (χ3v) is 3.54. The molecule has 0 aromatic heterocycles. The molecule has 0 heterocycles. The van der Waals surface area contributed by atoms with E-state index in [2.05, 4.69) is 15.9 Å². The van der Waals surface area contributed by atoms with Gasteiger partial charge in [0.05, 0.1) is 0 Å². The molecule has 1 aliphatic rings. The van der Waals surface area contributed by atoms with Gasteiger partial charge < -0.3 is 10.0 Å². The maximum Gasteiger partial charge on any atom is 0.405 e. The fraction of sp³-hybridized carbons (Fsp3) is 0.357. The molecule has 0 aliphatic heterocycles. The van der Waals surface area contributed by atoms with Gasteiger partial charge >= 0.3 is 12.1 Å². The first-order valence-corrected chi connectivity index (χ1v) is 7.09. The molecular formula is C14H13BrF3NO2. The molecule has 1 N–H and O–H groups in total. The van der Waals surface area contributed by atoms with E-state index < -0.39 is 18.7 Å². The Balaban J connectivity index is 2.37. The first kappa shape index (κ1) is 15.9. The van der Waals surface area contributed by atoms with Crippen LogP contribution in [0.3, 0.4) is 0 Å². The molecule has 0 amide bonds. The van der Waals surface area contributed by atoms with Gasteiger partial charge in [0.25, 0.3) is 0 Å². The Labute approximate surface area is 128 Å². The number of carboxylic acids is 1. The van der Waals surface area contributed by atoms with E-state index in [9.17, 15) is 18.0 Å². The molecule has 0 spiro atoms. The lowest BCUT2D eigenvalue weighted by Crippen LogP contribution is -2.36. The second-order valence-electron chi connectivity index (χ2n) is 4.85. The fourth-order valence-corrected chi connectivity index (χ4v) is 2.45. The van der Waals surface area contributed by atoms with Crippen molar-refractivity contribution in [3.05, 3.63) is 34.3 Å². The van der Waals surface area contributed by atoms with E-state index in [1.807, 2.05) is 0 Å². The summed E-state index contributed by atoms with van der Waals surface area (Å²) in [6.45, 7) is -1.03. The van der Waals surface area contributed by atoms with Crippen molar-refractivity contribution < 1.29 is 23.1 Å². The van der Waals surface area contributed by atoms with Gasteiger partial charge in [-0.2, -0.15) is 13.2 Å². The molecule has 1 aromatic rings. The van der Waals surface area contributed by atoms with Crippen molar-refractivity contribution in [3.8, 4) is 0 Å². The maximum atomic E-state index is 12.7. The average Bonchev–Trinajstić information content (AvgIpc) is 3.17. The summed E-state index contributed by atoms with van der Waals surface area (Å²) < 4.78 is 38.9. The Bertz CT molecular complexity index is 568. The standard InChI is InChI=1S/C14H13BrF3NO2/c15-10-2-5-12(9(7-10)1-6-13(20)21)19(11-3-4-11)8-14(16,17)18/h1-2,5-7,11H,3-4,8H2,(H,20,21)/b6-1+. The molecule has 0 bridgehead atoms. The monoisotopic (exact) mass is 363 g/mol. The molecule has 114 valence electrons. The van der Waals surface area contributed by atoms with E-state index >= 15 is 0 Å². The molecule has 21 heavy (non-hydrogen) atoms. The molecule has 0 saturated heterocycles. The Hall–Kier alpha value is -1.50. The predicted molar refractivity (Wildman–Crippen MR) is 77.2 cm³/mol. The zero-order valence-electron chi connectivity index (χ0n) is 10.9. The second kappa shape index (κ2) is 6.09. The summed E-state index contributed by atoms with van der Waals surface area (Å²) in [4.78, 5) is 11.9. The van der Waals surface area contributed by atoms with Gasteiger partial charge in [0.15, 0.2) is 0 Å². The number of benzene rings is 1. The van der Waals surface area contributed by atoms with Gasteiger partial charge in [0.1, 0.15) is 6.54 Å². The first-order chi connectivity index (χ1) is 9.76. The number of nitrogens with zero attached hydrogens (tertiary/aromatic N) is 1. The SMILES string of the molecule is O=C(O)/C=C/c1cc(Br)ccc1N(CC(F)(F)F)C1CC1. The number of rotatable bonds is 5. The summed E-state index contributed by atoms with van der Waals surface area (Å²) in [5.41, 5.74) is 0.846. The normalized spacial score (nSPS) is 15.4. The highest BCUT2D eigenvalue weighted by atomic mass is 79.9. The molecule has 2 rings (SSSR count).